The molecule has 0 radical (unpaired) electrons. The molecule has 1 heterocycles. The van der Waals surface area contributed by atoms with Crippen molar-refractivity contribution < 1.29 is 64.4 Å². The molecule has 1 unspecified atom stereocenters. The monoisotopic (exact) mass is 504 g/mol. The summed E-state index contributed by atoms with van der Waals surface area (Å²) in [4.78, 5) is -0.160. The average molecular weight is 505 g/mol. The molecule has 1 atom stereocenters. The van der Waals surface area contributed by atoms with Crippen LogP contribution in [0.5, 0.6) is 0 Å². The molecule has 2 rings (SSSR count). The normalized spacial score (nSPS) is 14.9. The summed E-state index contributed by atoms with van der Waals surface area (Å²) < 4.78 is 34.2. The van der Waals surface area contributed by atoms with Crippen molar-refractivity contribution in [2.75, 3.05) is 10.6 Å². The summed E-state index contributed by atoms with van der Waals surface area (Å²) in [5.74, 6) is 0. The van der Waals surface area contributed by atoms with Gasteiger partial charge in [-0.1, -0.05) is 116 Å². The average Bonchev–Trinajstić information content (AvgIpc) is 3.18. The third-order valence-electron chi connectivity index (χ3n) is 6.54. The number of rotatable bonds is 19. The predicted octanol–water partition coefficient (Wildman–Crippen LogP) is 4.80. The molecule has 0 spiro atoms. The van der Waals surface area contributed by atoms with Crippen LogP contribution in [-0.4, -0.2) is 19.1 Å². The Kier molecular flexibility index (Phi) is 17.7. The van der Waals surface area contributed by atoms with Gasteiger partial charge in [0.25, 0.3) is 0 Å². The molecule has 0 aliphatic carbocycles. The fraction of sp³-hybridized carbons (Fsp3) is 0.769. The minimum atomic E-state index is -4.46. The summed E-state index contributed by atoms with van der Waals surface area (Å²) in [6.45, 7) is 2.28. The van der Waals surface area contributed by atoms with E-state index in [4.69, 9.17) is 0 Å². The van der Waals surface area contributed by atoms with Gasteiger partial charge >= 0.3 is 51.4 Å². The van der Waals surface area contributed by atoms with Gasteiger partial charge in [-0.2, -0.15) is 0 Å². The molecular weight excluding hydrogens is 459 g/mol. The summed E-state index contributed by atoms with van der Waals surface area (Å²) in [7, 11) is -4.46. The largest absolute Gasteiger partial charge is 1.00 e. The topological polar surface area (TPSA) is 81.3 Å². The maximum absolute atomic E-state index is 11.4. The van der Waals surface area contributed by atoms with Gasteiger partial charge < -0.3 is 15.2 Å². The van der Waals surface area contributed by atoms with Crippen LogP contribution in [0.25, 0.3) is 0 Å². The van der Waals surface area contributed by atoms with Crippen LogP contribution in [0.4, 0.5) is 11.4 Å². The number of fused-ring (bicyclic) bond motifs is 1. The Bertz CT molecular complexity index is 743. The van der Waals surface area contributed by atoms with Crippen molar-refractivity contribution in [3.63, 3.8) is 0 Å². The Balaban J connectivity index is 0.00000544. The van der Waals surface area contributed by atoms with Crippen LogP contribution in [-0.2, 0) is 10.1 Å². The van der Waals surface area contributed by atoms with Gasteiger partial charge in [0.2, 0.25) is 0 Å². The number of nitrogens with one attached hydrogen (secondary N) is 2. The first kappa shape index (κ1) is 31.4. The zero-order valence-electron chi connectivity index (χ0n) is 21.2. The van der Waals surface area contributed by atoms with Crippen LogP contribution in [0, 0.1) is 0 Å². The van der Waals surface area contributed by atoms with E-state index in [1.165, 1.54) is 109 Å². The molecule has 0 fully saturated rings. The SMILES string of the molecule is CCCCCCCCCCCCCCCCCCCC1Nc2cccc(S(=O)(=O)[O-])c2N1.[K+]. The summed E-state index contributed by atoms with van der Waals surface area (Å²) >= 11 is 0. The van der Waals surface area contributed by atoms with Gasteiger partial charge in [-0.15, -0.1) is 0 Å². The zero-order valence-corrected chi connectivity index (χ0v) is 25.1. The predicted molar refractivity (Wildman–Crippen MR) is 134 cm³/mol. The van der Waals surface area contributed by atoms with Crippen molar-refractivity contribution in [1.29, 1.82) is 0 Å². The van der Waals surface area contributed by atoms with Crippen LogP contribution in [0.1, 0.15) is 122 Å². The van der Waals surface area contributed by atoms with Crippen molar-refractivity contribution in [2.45, 2.75) is 134 Å². The number of unbranched alkanes of at least 4 members (excludes halogenated alkanes) is 16. The first-order valence-electron chi connectivity index (χ1n) is 13.1. The van der Waals surface area contributed by atoms with E-state index in [0.717, 1.165) is 12.8 Å². The molecule has 184 valence electrons. The third-order valence-corrected chi connectivity index (χ3v) is 7.42. The van der Waals surface area contributed by atoms with Crippen LogP contribution < -0.4 is 62.0 Å². The summed E-state index contributed by atoms with van der Waals surface area (Å²) in [6.07, 6.45) is 24.0. The van der Waals surface area contributed by atoms with E-state index in [1.54, 1.807) is 6.07 Å². The summed E-state index contributed by atoms with van der Waals surface area (Å²) in [6, 6.07) is 4.79. The van der Waals surface area contributed by atoms with E-state index < -0.39 is 10.1 Å². The van der Waals surface area contributed by atoms with Crippen LogP contribution in [0.2, 0.25) is 0 Å². The van der Waals surface area contributed by atoms with Gasteiger partial charge in [0, 0.05) is 0 Å². The van der Waals surface area contributed by atoms with Gasteiger partial charge in [-0.05, 0) is 25.0 Å². The molecule has 0 saturated heterocycles. The number of benzene rings is 1. The minimum Gasteiger partial charge on any atom is -0.744 e. The Morgan fingerprint density at radius 3 is 1.64 bits per heavy atom. The van der Waals surface area contributed by atoms with E-state index in [1.807, 2.05) is 6.07 Å². The summed E-state index contributed by atoms with van der Waals surface area (Å²) in [5.41, 5.74) is 1.14. The molecule has 1 aromatic carbocycles. The van der Waals surface area contributed by atoms with Gasteiger partial charge in [0.05, 0.1) is 22.4 Å². The van der Waals surface area contributed by atoms with Crippen molar-refractivity contribution >= 4 is 21.5 Å². The molecule has 2 N–H and O–H groups in total. The number of hydrogen-bond donors (Lipinski definition) is 2. The van der Waals surface area contributed by atoms with E-state index >= 15 is 0 Å². The van der Waals surface area contributed by atoms with E-state index in [2.05, 4.69) is 17.6 Å². The molecule has 0 bridgehead atoms. The van der Waals surface area contributed by atoms with Crippen molar-refractivity contribution in [3.8, 4) is 0 Å². The molecule has 0 amide bonds. The number of para-hydroxylation sites is 1. The van der Waals surface area contributed by atoms with Gasteiger partial charge in [0.15, 0.2) is 0 Å². The van der Waals surface area contributed by atoms with Crippen LogP contribution >= 0.6 is 0 Å². The zero-order chi connectivity index (χ0) is 23.1. The molecule has 33 heavy (non-hydrogen) atoms. The quantitative estimate of drug-likeness (QED) is 0.161. The third kappa shape index (κ3) is 13.3. The molecule has 1 aliphatic rings. The minimum absolute atomic E-state index is 0. The fourth-order valence-corrected chi connectivity index (χ4v) is 5.29. The van der Waals surface area contributed by atoms with E-state index in [0.29, 0.717) is 11.4 Å². The molecular formula is C26H45KN2O3S. The Labute approximate surface area is 245 Å². The Hall–Kier alpha value is 0.366. The van der Waals surface area contributed by atoms with Gasteiger partial charge in [-0.25, -0.2) is 8.42 Å². The molecule has 7 heteroatoms. The first-order chi connectivity index (χ1) is 15.5. The molecule has 1 aliphatic heterocycles. The maximum Gasteiger partial charge on any atom is 1.00 e. The second kappa shape index (κ2) is 18.6. The molecule has 0 aromatic heterocycles. The van der Waals surface area contributed by atoms with Gasteiger partial charge in [0.1, 0.15) is 10.1 Å². The first-order valence-corrected chi connectivity index (χ1v) is 14.5. The number of hydrogen-bond acceptors (Lipinski definition) is 5. The van der Waals surface area contributed by atoms with Crippen LogP contribution in [0.3, 0.4) is 0 Å². The van der Waals surface area contributed by atoms with Crippen molar-refractivity contribution in [1.82, 2.24) is 0 Å². The maximum atomic E-state index is 11.4. The molecule has 5 nitrogen and oxygen atoms in total. The number of anilines is 2. The molecule has 1 aromatic rings. The molecule has 0 saturated carbocycles. The Morgan fingerprint density at radius 1 is 0.727 bits per heavy atom. The fourth-order valence-electron chi connectivity index (χ4n) is 4.62. The van der Waals surface area contributed by atoms with Crippen molar-refractivity contribution in [2.24, 2.45) is 0 Å². The standard InChI is InChI=1S/C26H46N2O3S.K/c1-2-3-4-5-6-7-8-9-10-11-12-13-14-15-16-17-18-22-25-27-23-20-19-21-24(26(23)28-25)32(29,30)31;/h19-21,25,27-28H,2-18,22H2,1H3,(H,29,30,31);/q;+1/p-1. The Morgan fingerprint density at radius 2 is 1.18 bits per heavy atom. The van der Waals surface area contributed by atoms with Crippen molar-refractivity contribution in [3.05, 3.63) is 18.2 Å². The second-order valence-electron chi connectivity index (χ2n) is 9.42. The van der Waals surface area contributed by atoms with E-state index in [9.17, 15) is 13.0 Å². The van der Waals surface area contributed by atoms with E-state index in [-0.39, 0.29) is 62.4 Å². The van der Waals surface area contributed by atoms with Gasteiger partial charge in [-0.3, -0.25) is 0 Å². The second-order valence-corrected chi connectivity index (χ2v) is 10.8. The summed E-state index contributed by atoms with van der Waals surface area (Å²) in [5, 5.41) is 6.46. The van der Waals surface area contributed by atoms with Crippen LogP contribution in [0.15, 0.2) is 23.1 Å². The smallest absolute Gasteiger partial charge is 0.744 e.